The van der Waals surface area contributed by atoms with Gasteiger partial charge in [0.1, 0.15) is 0 Å². The molecule has 0 aromatic heterocycles. The number of carbonyl (C=O) groups excluding carboxylic acids is 2. The second kappa shape index (κ2) is 7.23. The number of carbonyl (C=O) groups is 2. The molecule has 0 radical (unpaired) electrons. The van der Waals surface area contributed by atoms with Crippen LogP contribution in [0.1, 0.15) is 49.2 Å². The second-order valence-electron chi connectivity index (χ2n) is 6.68. The molecule has 0 aliphatic heterocycles. The SMILES string of the molecule is CC(C)(C)C(=O)NC(CC(=O)c1ccccc1)c1ccccc1. The summed E-state index contributed by atoms with van der Waals surface area (Å²) in [5.74, 6) is -0.0409. The molecule has 0 heterocycles. The Morgan fingerprint density at radius 1 is 0.913 bits per heavy atom. The van der Waals surface area contributed by atoms with Gasteiger partial charge in [-0.25, -0.2) is 0 Å². The lowest BCUT2D eigenvalue weighted by Gasteiger charge is -2.24. The first kappa shape index (κ1) is 16.9. The van der Waals surface area contributed by atoms with Gasteiger partial charge in [0.2, 0.25) is 5.91 Å². The molecule has 23 heavy (non-hydrogen) atoms. The number of ketones is 1. The average Bonchev–Trinajstić information content (AvgIpc) is 2.55. The Morgan fingerprint density at radius 3 is 1.96 bits per heavy atom. The van der Waals surface area contributed by atoms with Crippen LogP contribution in [0.2, 0.25) is 0 Å². The van der Waals surface area contributed by atoms with Gasteiger partial charge in [-0.3, -0.25) is 9.59 Å². The fraction of sp³-hybridized carbons (Fsp3) is 0.300. The highest BCUT2D eigenvalue weighted by Crippen LogP contribution is 2.22. The first-order valence-electron chi connectivity index (χ1n) is 7.82. The van der Waals surface area contributed by atoms with Crippen LogP contribution in [0.25, 0.3) is 0 Å². The third-order valence-corrected chi connectivity index (χ3v) is 3.67. The predicted octanol–water partition coefficient (Wildman–Crippen LogP) is 4.16. The highest BCUT2D eigenvalue weighted by atomic mass is 16.2. The molecule has 3 heteroatoms. The molecule has 120 valence electrons. The predicted molar refractivity (Wildman–Crippen MR) is 92.2 cm³/mol. The molecule has 3 nitrogen and oxygen atoms in total. The highest BCUT2D eigenvalue weighted by Gasteiger charge is 2.26. The van der Waals surface area contributed by atoms with E-state index < -0.39 is 5.41 Å². The molecule has 0 spiro atoms. The smallest absolute Gasteiger partial charge is 0.225 e. The van der Waals surface area contributed by atoms with E-state index in [1.165, 1.54) is 0 Å². The minimum atomic E-state index is -0.497. The number of Topliss-reactive ketones (excluding diaryl/α,β-unsaturated/α-hetero) is 1. The average molecular weight is 309 g/mol. The summed E-state index contributed by atoms with van der Waals surface area (Å²) in [5.41, 5.74) is 1.11. The fourth-order valence-corrected chi connectivity index (χ4v) is 2.24. The number of hydrogen-bond acceptors (Lipinski definition) is 2. The highest BCUT2D eigenvalue weighted by molar-refractivity contribution is 5.96. The molecule has 0 saturated carbocycles. The zero-order valence-corrected chi connectivity index (χ0v) is 13.9. The summed E-state index contributed by atoms with van der Waals surface area (Å²) in [6.45, 7) is 5.59. The van der Waals surface area contributed by atoms with Crippen molar-refractivity contribution in [2.75, 3.05) is 0 Å². The van der Waals surface area contributed by atoms with Crippen molar-refractivity contribution < 1.29 is 9.59 Å². The molecule has 1 unspecified atom stereocenters. The summed E-state index contributed by atoms with van der Waals surface area (Å²) in [6.07, 6.45) is 0.246. The van der Waals surface area contributed by atoms with Crippen LogP contribution in [0.4, 0.5) is 0 Å². The molecule has 2 aromatic carbocycles. The quantitative estimate of drug-likeness (QED) is 0.843. The molecule has 2 rings (SSSR count). The lowest BCUT2D eigenvalue weighted by molar-refractivity contribution is -0.129. The van der Waals surface area contributed by atoms with Gasteiger partial charge in [-0.1, -0.05) is 81.4 Å². The molecule has 1 amide bonds. The van der Waals surface area contributed by atoms with Gasteiger partial charge in [0.15, 0.2) is 5.78 Å². The van der Waals surface area contributed by atoms with Crippen molar-refractivity contribution in [3.63, 3.8) is 0 Å². The van der Waals surface area contributed by atoms with E-state index in [2.05, 4.69) is 5.32 Å². The van der Waals surface area contributed by atoms with Crippen LogP contribution in [-0.2, 0) is 4.79 Å². The summed E-state index contributed by atoms with van der Waals surface area (Å²) in [4.78, 5) is 24.9. The third kappa shape index (κ3) is 4.78. The van der Waals surface area contributed by atoms with Crippen molar-refractivity contribution in [1.29, 1.82) is 0 Å². The Labute approximate surface area is 137 Å². The van der Waals surface area contributed by atoms with E-state index in [0.29, 0.717) is 5.56 Å². The van der Waals surface area contributed by atoms with Crippen molar-refractivity contribution in [2.45, 2.75) is 33.2 Å². The monoisotopic (exact) mass is 309 g/mol. The molecular weight excluding hydrogens is 286 g/mol. The topological polar surface area (TPSA) is 46.2 Å². The van der Waals surface area contributed by atoms with Crippen molar-refractivity contribution in [1.82, 2.24) is 5.32 Å². The zero-order valence-electron chi connectivity index (χ0n) is 13.9. The van der Waals surface area contributed by atoms with Crippen molar-refractivity contribution >= 4 is 11.7 Å². The number of amides is 1. The van der Waals surface area contributed by atoms with Crippen LogP contribution in [0.3, 0.4) is 0 Å². The van der Waals surface area contributed by atoms with Crippen molar-refractivity contribution in [2.24, 2.45) is 5.41 Å². The summed E-state index contributed by atoms with van der Waals surface area (Å²) in [7, 11) is 0. The minimum Gasteiger partial charge on any atom is -0.348 e. The fourth-order valence-electron chi connectivity index (χ4n) is 2.24. The number of hydrogen-bond donors (Lipinski definition) is 1. The molecule has 1 atom stereocenters. The van der Waals surface area contributed by atoms with Gasteiger partial charge in [0.25, 0.3) is 0 Å². The normalized spacial score (nSPS) is 12.5. The maximum absolute atomic E-state index is 12.5. The second-order valence-corrected chi connectivity index (χ2v) is 6.68. The van der Waals surface area contributed by atoms with Gasteiger partial charge in [-0.15, -0.1) is 0 Å². The molecule has 0 aliphatic carbocycles. The van der Waals surface area contributed by atoms with Gasteiger partial charge in [-0.2, -0.15) is 0 Å². The maximum atomic E-state index is 12.5. The maximum Gasteiger partial charge on any atom is 0.225 e. The number of rotatable bonds is 5. The largest absolute Gasteiger partial charge is 0.348 e. The van der Waals surface area contributed by atoms with Crippen LogP contribution in [0.15, 0.2) is 60.7 Å². The van der Waals surface area contributed by atoms with Gasteiger partial charge in [0.05, 0.1) is 6.04 Å². The van der Waals surface area contributed by atoms with Gasteiger partial charge in [0, 0.05) is 17.4 Å². The molecule has 1 N–H and O–H groups in total. The minimum absolute atomic E-state index is 0.0219. The molecule has 2 aromatic rings. The van der Waals surface area contributed by atoms with Crippen LogP contribution in [0.5, 0.6) is 0 Å². The van der Waals surface area contributed by atoms with E-state index in [1.807, 2.05) is 69.3 Å². The molecule has 0 bridgehead atoms. The van der Waals surface area contributed by atoms with Crippen LogP contribution in [-0.4, -0.2) is 11.7 Å². The lowest BCUT2D eigenvalue weighted by atomic mass is 9.92. The molecule has 0 aliphatic rings. The Balaban J connectivity index is 2.21. The van der Waals surface area contributed by atoms with Crippen molar-refractivity contribution in [3.05, 3.63) is 71.8 Å². The van der Waals surface area contributed by atoms with E-state index in [-0.39, 0.29) is 24.2 Å². The van der Waals surface area contributed by atoms with Gasteiger partial charge >= 0.3 is 0 Å². The van der Waals surface area contributed by atoms with E-state index in [0.717, 1.165) is 5.56 Å². The van der Waals surface area contributed by atoms with Crippen LogP contribution >= 0.6 is 0 Å². The van der Waals surface area contributed by atoms with E-state index in [4.69, 9.17) is 0 Å². The zero-order chi connectivity index (χ0) is 16.9. The summed E-state index contributed by atoms with van der Waals surface area (Å²) < 4.78 is 0. The Hall–Kier alpha value is -2.42. The lowest BCUT2D eigenvalue weighted by Crippen LogP contribution is -2.38. The van der Waals surface area contributed by atoms with Gasteiger partial charge < -0.3 is 5.32 Å². The molecular formula is C20H23NO2. The van der Waals surface area contributed by atoms with E-state index in [9.17, 15) is 9.59 Å². The Bertz CT molecular complexity index is 657. The first-order chi connectivity index (χ1) is 10.9. The van der Waals surface area contributed by atoms with Gasteiger partial charge in [-0.05, 0) is 5.56 Å². The van der Waals surface area contributed by atoms with E-state index in [1.54, 1.807) is 12.1 Å². The van der Waals surface area contributed by atoms with Crippen molar-refractivity contribution in [3.8, 4) is 0 Å². The standard InChI is InChI=1S/C20H23NO2/c1-20(2,3)19(23)21-17(15-10-6-4-7-11-15)14-18(22)16-12-8-5-9-13-16/h4-13,17H,14H2,1-3H3,(H,21,23). The number of benzene rings is 2. The third-order valence-electron chi connectivity index (χ3n) is 3.67. The van der Waals surface area contributed by atoms with Crippen LogP contribution in [0, 0.1) is 5.41 Å². The summed E-state index contributed by atoms with van der Waals surface area (Å²) in [6, 6.07) is 18.5. The van der Waals surface area contributed by atoms with Crippen LogP contribution < -0.4 is 5.32 Å². The Kier molecular flexibility index (Phi) is 5.32. The number of nitrogens with one attached hydrogen (secondary N) is 1. The van der Waals surface area contributed by atoms with E-state index >= 15 is 0 Å². The summed E-state index contributed by atoms with van der Waals surface area (Å²) >= 11 is 0. The first-order valence-corrected chi connectivity index (χ1v) is 7.82. The summed E-state index contributed by atoms with van der Waals surface area (Å²) in [5, 5.41) is 3.01. The molecule has 0 fully saturated rings. The molecule has 0 saturated heterocycles. The Morgan fingerprint density at radius 2 is 1.43 bits per heavy atom.